The number of hydrogen-bond donors (Lipinski definition) is 1. The van der Waals surface area contributed by atoms with E-state index in [9.17, 15) is 9.59 Å². The van der Waals surface area contributed by atoms with Crippen molar-refractivity contribution < 1.29 is 4.79 Å². The maximum Gasteiger partial charge on any atom is 0.278 e. The van der Waals surface area contributed by atoms with Crippen LogP contribution in [0.4, 0.5) is 0 Å². The quantitative estimate of drug-likeness (QED) is 0.590. The number of carbonyl (C=O) groups excluding carboxylic acids is 1. The van der Waals surface area contributed by atoms with E-state index in [2.05, 4.69) is 26.3 Å². The van der Waals surface area contributed by atoms with Crippen molar-refractivity contribution in [1.82, 2.24) is 24.9 Å². The molecular weight excluding hydrogens is 342 g/mol. The summed E-state index contributed by atoms with van der Waals surface area (Å²) in [4.78, 5) is 25.0. The number of fused-ring (bicyclic) bond motifs is 2. The third kappa shape index (κ3) is 3.19. The Morgan fingerprint density at radius 1 is 1.11 bits per heavy atom. The number of para-hydroxylation sites is 1. The Morgan fingerprint density at radius 3 is 2.78 bits per heavy atom. The zero-order valence-electron chi connectivity index (χ0n) is 14.9. The first kappa shape index (κ1) is 17.0. The molecule has 0 spiro atoms. The van der Waals surface area contributed by atoms with Crippen LogP contribution in [0.2, 0.25) is 0 Å². The Morgan fingerprint density at radius 2 is 1.89 bits per heavy atom. The van der Waals surface area contributed by atoms with Crippen LogP contribution < -0.4 is 10.9 Å². The molecule has 0 fully saturated rings. The molecule has 7 nitrogen and oxygen atoms in total. The second-order valence-corrected chi connectivity index (χ2v) is 6.39. The van der Waals surface area contributed by atoms with E-state index < -0.39 is 6.04 Å². The van der Waals surface area contributed by atoms with Crippen LogP contribution in [0.3, 0.4) is 0 Å². The van der Waals surface area contributed by atoms with E-state index in [1.165, 1.54) is 0 Å². The van der Waals surface area contributed by atoms with Gasteiger partial charge in [0, 0.05) is 24.8 Å². The number of nitrogens with one attached hydrogen (secondary N) is 1. The van der Waals surface area contributed by atoms with E-state index >= 15 is 0 Å². The Balaban J connectivity index is 1.45. The van der Waals surface area contributed by atoms with E-state index in [1.807, 2.05) is 30.5 Å². The molecule has 0 radical (unpaired) electrons. The molecule has 0 aliphatic rings. The van der Waals surface area contributed by atoms with Crippen molar-refractivity contribution in [3.63, 3.8) is 0 Å². The normalized spacial score (nSPS) is 12.3. The molecule has 0 saturated carbocycles. The Bertz CT molecular complexity index is 1180. The summed E-state index contributed by atoms with van der Waals surface area (Å²) in [7, 11) is 0. The minimum absolute atomic E-state index is 0.266. The van der Waals surface area contributed by atoms with Crippen LogP contribution in [0.15, 0.2) is 65.6 Å². The van der Waals surface area contributed by atoms with E-state index in [-0.39, 0.29) is 11.5 Å². The summed E-state index contributed by atoms with van der Waals surface area (Å²) >= 11 is 0. The van der Waals surface area contributed by atoms with E-state index in [1.54, 1.807) is 31.2 Å². The molecule has 4 aromatic rings. The molecule has 2 aromatic carbocycles. The largest absolute Gasteiger partial charge is 0.352 e. The average molecular weight is 361 g/mol. The van der Waals surface area contributed by atoms with Crippen LogP contribution in [0.1, 0.15) is 13.0 Å². The molecule has 1 amide bonds. The smallest absolute Gasteiger partial charge is 0.278 e. The van der Waals surface area contributed by atoms with Crippen molar-refractivity contribution in [1.29, 1.82) is 0 Å². The molecule has 1 atom stereocenters. The van der Waals surface area contributed by atoms with Gasteiger partial charge in [0.2, 0.25) is 5.91 Å². The first-order chi connectivity index (χ1) is 13.1. The van der Waals surface area contributed by atoms with Gasteiger partial charge >= 0.3 is 0 Å². The molecular formula is C20H19N5O2. The van der Waals surface area contributed by atoms with E-state index in [0.717, 1.165) is 15.6 Å². The van der Waals surface area contributed by atoms with E-state index in [4.69, 9.17) is 0 Å². The summed E-state index contributed by atoms with van der Waals surface area (Å²) in [5.74, 6) is -0.266. The highest BCUT2D eigenvalue weighted by Crippen LogP contribution is 2.14. The van der Waals surface area contributed by atoms with Crippen molar-refractivity contribution in [2.75, 3.05) is 6.54 Å². The maximum absolute atomic E-state index is 12.6. The molecule has 7 heteroatoms. The lowest BCUT2D eigenvalue weighted by Crippen LogP contribution is -2.38. The number of benzene rings is 2. The highest BCUT2D eigenvalue weighted by molar-refractivity contribution is 5.81. The van der Waals surface area contributed by atoms with Crippen molar-refractivity contribution >= 4 is 27.7 Å². The Labute approximate surface area is 155 Å². The number of hydrogen-bond acceptors (Lipinski definition) is 4. The summed E-state index contributed by atoms with van der Waals surface area (Å²) < 4.78 is 3.21. The third-order valence-corrected chi connectivity index (χ3v) is 4.67. The van der Waals surface area contributed by atoms with Gasteiger partial charge in [0.05, 0.1) is 5.39 Å². The van der Waals surface area contributed by atoms with Crippen LogP contribution in [0, 0.1) is 0 Å². The van der Waals surface area contributed by atoms with Crippen molar-refractivity contribution in [2.24, 2.45) is 0 Å². The van der Waals surface area contributed by atoms with Gasteiger partial charge in [-0.25, -0.2) is 0 Å². The fourth-order valence-corrected chi connectivity index (χ4v) is 3.15. The highest BCUT2D eigenvalue weighted by Gasteiger charge is 2.18. The fraction of sp³-hybridized carbons (Fsp3) is 0.200. The molecule has 1 N–H and O–H groups in total. The lowest BCUT2D eigenvalue weighted by Gasteiger charge is -2.14. The predicted octanol–water partition coefficient (Wildman–Crippen LogP) is 2.12. The summed E-state index contributed by atoms with van der Waals surface area (Å²) in [5, 5.41) is 12.4. The summed E-state index contributed by atoms with van der Waals surface area (Å²) in [5.41, 5.74) is 1.32. The SMILES string of the molecule is C[C@H](C(=O)NCCn1ccc2ccccc21)n1nnc2ccccc2c1=O. The number of rotatable bonds is 5. The third-order valence-electron chi connectivity index (χ3n) is 4.67. The van der Waals surface area contributed by atoms with Gasteiger partial charge in [-0.05, 0) is 36.6 Å². The topological polar surface area (TPSA) is 81.8 Å². The molecule has 27 heavy (non-hydrogen) atoms. The highest BCUT2D eigenvalue weighted by atomic mass is 16.2. The first-order valence-electron chi connectivity index (χ1n) is 8.81. The monoisotopic (exact) mass is 361 g/mol. The summed E-state index contributed by atoms with van der Waals surface area (Å²) in [6.45, 7) is 2.74. The van der Waals surface area contributed by atoms with Crippen molar-refractivity contribution in [2.45, 2.75) is 19.5 Å². The lowest BCUT2D eigenvalue weighted by molar-refractivity contribution is -0.124. The molecule has 0 bridgehead atoms. The maximum atomic E-state index is 12.6. The number of amides is 1. The Hall–Kier alpha value is -3.48. The van der Waals surface area contributed by atoms with Gasteiger partial charge in [0.1, 0.15) is 11.6 Å². The van der Waals surface area contributed by atoms with Crippen LogP contribution in [-0.2, 0) is 11.3 Å². The van der Waals surface area contributed by atoms with Gasteiger partial charge in [-0.1, -0.05) is 35.5 Å². The van der Waals surface area contributed by atoms with Crippen LogP contribution in [0.25, 0.3) is 21.8 Å². The fourth-order valence-electron chi connectivity index (χ4n) is 3.15. The van der Waals surface area contributed by atoms with E-state index in [0.29, 0.717) is 24.0 Å². The molecule has 4 rings (SSSR count). The molecule has 0 unspecified atom stereocenters. The van der Waals surface area contributed by atoms with Crippen LogP contribution >= 0.6 is 0 Å². The molecule has 0 aliphatic heterocycles. The number of carbonyl (C=O) groups is 1. The minimum Gasteiger partial charge on any atom is -0.352 e. The average Bonchev–Trinajstić information content (AvgIpc) is 3.11. The predicted molar refractivity (Wildman–Crippen MR) is 103 cm³/mol. The number of aromatic nitrogens is 4. The molecule has 136 valence electrons. The van der Waals surface area contributed by atoms with Gasteiger partial charge < -0.3 is 9.88 Å². The van der Waals surface area contributed by atoms with Crippen molar-refractivity contribution in [3.05, 3.63) is 71.1 Å². The van der Waals surface area contributed by atoms with Crippen LogP contribution in [-0.4, -0.2) is 32.0 Å². The number of nitrogens with zero attached hydrogens (tertiary/aromatic N) is 4. The molecule has 0 saturated heterocycles. The lowest BCUT2D eigenvalue weighted by atomic mass is 10.2. The molecule has 2 aromatic heterocycles. The van der Waals surface area contributed by atoms with Gasteiger partial charge in [0.15, 0.2) is 0 Å². The standard InChI is InChI=1S/C20H19N5O2/c1-14(25-20(27)16-7-3-4-8-17(16)22-23-25)19(26)21-11-13-24-12-10-15-6-2-5-9-18(15)24/h2-10,12,14H,11,13H2,1H3,(H,21,26)/t14-/m1/s1. The summed E-state index contributed by atoms with van der Waals surface area (Å²) in [6, 6.07) is 16.4. The van der Waals surface area contributed by atoms with Gasteiger partial charge in [-0.15, -0.1) is 5.10 Å². The zero-order chi connectivity index (χ0) is 18.8. The first-order valence-corrected chi connectivity index (χ1v) is 8.81. The van der Waals surface area contributed by atoms with Gasteiger partial charge in [-0.3, -0.25) is 9.59 Å². The second kappa shape index (κ2) is 7.03. The molecule has 2 heterocycles. The zero-order valence-corrected chi connectivity index (χ0v) is 14.9. The van der Waals surface area contributed by atoms with Gasteiger partial charge in [0.25, 0.3) is 5.56 Å². The van der Waals surface area contributed by atoms with Crippen LogP contribution in [0.5, 0.6) is 0 Å². The molecule has 0 aliphatic carbocycles. The summed E-state index contributed by atoms with van der Waals surface area (Å²) in [6.07, 6.45) is 2.00. The second-order valence-electron chi connectivity index (χ2n) is 6.39. The Kier molecular flexibility index (Phi) is 4.42. The minimum atomic E-state index is -0.740. The van der Waals surface area contributed by atoms with Crippen molar-refractivity contribution in [3.8, 4) is 0 Å². The van der Waals surface area contributed by atoms with Gasteiger partial charge in [-0.2, -0.15) is 4.68 Å².